The molecule has 0 bridgehead atoms. The zero-order chi connectivity index (χ0) is 37.6. The lowest BCUT2D eigenvalue weighted by atomic mass is 10.1. The van der Waals surface area contributed by atoms with Crippen LogP contribution in [-0.2, 0) is 9.59 Å². The van der Waals surface area contributed by atoms with Crippen molar-refractivity contribution < 1.29 is 14.7 Å². The first-order chi connectivity index (χ1) is 24.9. The van der Waals surface area contributed by atoms with E-state index < -0.39 is 17.0 Å². The van der Waals surface area contributed by atoms with Gasteiger partial charge in [-0.3, -0.25) is 9.59 Å². The second kappa shape index (κ2) is 38.3. The highest BCUT2D eigenvalue weighted by Crippen LogP contribution is 2.30. The number of unbranched alkanes of at least 4 members (excludes halogenated alkanes) is 20. The topological polar surface area (TPSA) is 91.3 Å². The van der Waals surface area contributed by atoms with Crippen LogP contribution in [0.3, 0.4) is 0 Å². The Kier molecular flexibility index (Phi) is 37.1. The molecule has 1 heterocycles. The SMILES string of the molecule is CCCCCCCCNCCCCCCCC.CCCCCCCCNCCCCCCCC.O=C(S)CC(C(=O)O)c1nc2ccccc2s1. The first-order valence-electron chi connectivity index (χ1n) is 21.1. The van der Waals surface area contributed by atoms with Crippen molar-refractivity contribution in [3.05, 3.63) is 29.3 Å². The van der Waals surface area contributed by atoms with Crippen molar-refractivity contribution in [2.75, 3.05) is 26.2 Å². The Morgan fingerprint density at radius 3 is 1.29 bits per heavy atom. The minimum atomic E-state index is -1.05. The number of rotatable bonds is 32. The summed E-state index contributed by atoms with van der Waals surface area (Å²) in [5.41, 5.74) is 0.755. The van der Waals surface area contributed by atoms with E-state index in [2.05, 4.69) is 55.9 Å². The maximum absolute atomic E-state index is 11.1. The van der Waals surface area contributed by atoms with Gasteiger partial charge in [0, 0.05) is 6.42 Å². The molecule has 1 atom stereocenters. The third-order valence-electron chi connectivity index (χ3n) is 9.11. The molecule has 0 aliphatic rings. The number of thiazole rings is 1. The summed E-state index contributed by atoms with van der Waals surface area (Å²) in [5.74, 6) is -1.95. The molecular formula is C43H79N3O3S2. The molecule has 0 saturated heterocycles. The van der Waals surface area contributed by atoms with E-state index in [1.165, 1.54) is 192 Å². The van der Waals surface area contributed by atoms with Crippen LogP contribution in [-0.4, -0.2) is 47.4 Å². The van der Waals surface area contributed by atoms with Gasteiger partial charge >= 0.3 is 5.97 Å². The summed E-state index contributed by atoms with van der Waals surface area (Å²) in [4.78, 5) is 26.3. The van der Waals surface area contributed by atoms with Gasteiger partial charge in [0.2, 0.25) is 0 Å². The lowest BCUT2D eigenvalue weighted by Gasteiger charge is -2.05. The second-order valence-electron chi connectivity index (χ2n) is 14.1. The van der Waals surface area contributed by atoms with Gasteiger partial charge in [-0.15, -0.1) is 24.0 Å². The number of nitrogens with zero attached hydrogens (tertiary/aromatic N) is 1. The molecule has 0 amide bonds. The summed E-state index contributed by atoms with van der Waals surface area (Å²) in [6.45, 7) is 14.1. The summed E-state index contributed by atoms with van der Waals surface area (Å²) in [6.07, 6.45) is 33.7. The molecule has 1 aromatic carbocycles. The van der Waals surface area contributed by atoms with Crippen LogP contribution in [0.2, 0.25) is 0 Å². The minimum absolute atomic E-state index is 0.141. The molecule has 0 fully saturated rings. The van der Waals surface area contributed by atoms with Gasteiger partial charge in [0.25, 0.3) is 0 Å². The van der Waals surface area contributed by atoms with Crippen molar-refractivity contribution in [1.82, 2.24) is 15.6 Å². The summed E-state index contributed by atoms with van der Waals surface area (Å²) in [5, 5.41) is 16.2. The summed E-state index contributed by atoms with van der Waals surface area (Å²) >= 11 is 4.92. The highest BCUT2D eigenvalue weighted by molar-refractivity contribution is 7.96. The molecule has 6 nitrogen and oxygen atoms in total. The van der Waals surface area contributed by atoms with Gasteiger partial charge in [-0.2, -0.15) is 0 Å². The number of aliphatic carboxylic acids is 1. The van der Waals surface area contributed by atoms with Crippen LogP contribution in [0.5, 0.6) is 0 Å². The first kappa shape index (κ1) is 49.5. The Labute approximate surface area is 323 Å². The molecule has 0 aliphatic heterocycles. The number of hydrogen-bond acceptors (Lipinski definition) is 6. The van der Waals surface area contributed by atoms with E-state index in [-0.39, 0.29) is 6.42 Å². The Balaban J connectivity index is 0.000000735. The average Bonchev–Trinajstić information content (AvgIpc) is 3.56. The predicted molar refractivity (Wildman–Crippen MR) is 228 cm³/mol. The standard InChI is InChI=1S/2C16H35N.C11H9NO3S2/c2*1-3-5-7-9-11-13-15-17-16-14-12-10-8-6-4-2;13-9(16)5-6(11(14)15)10-12-7-3-1-2-4-8(7)17-10/h2*17H,3-16H2,1-2H3;1-4,6H,5H2,(H,13,16)(H,14,15). The number of thiol groups is 1. The highest BCUT2D eigenvalue weighted by Gasteiger charge is 2.25. The third kappa shape index (κ3) is 31.7. The Hall–Kier alpha value is -1.48. The molecule has 8 heteroatoms. The zero-order valence-electron chi connectivity index (χ0n) is 33.5. The van der Waals surface area contributed by atoms with Gasteiger partial charge in [0.15, 0.2) is 5.12 Å². The van der Waals surface area contributed by atoms with Crippen LogP contribution < -0.4 is 10.6 Å². The van der Waals surface area contributed by atoms with Crippen LogP contribution in [0.1, 0.15) is 199 Å². The van der Waals surface area contributed by atoms with Gasteiger partial charge in [-0.25, -0.2) is 4.98 Å². The van der Waals surface area contributed by atoms with Crippen molar-refractivity contribution in [2.24, 2.45) is 0 Å². The number of carbonyl (C=O) groups is 2. The molecule has 1 aromatic heterocycles. The highest BCUT2D eigenvalue weighted by atomic mass is 32.1. The molecule has 0 radical (unpaired) electrons. The van der Waals surface area contributed by atoms with Crippen molar-refractivity contribution in [1.29, 1.82) is 0 Å². The van der Waals surface area contributed by atoms with Crippen LogP contribution in [0, 0.1) is 0 Å². The molecular weight excluding hydrogens is 671 g/mol. The number of carbonyl (C=O) groups excluding carboxylic acids is 1. The maximum atomic E-state index is 11.1. The summed E-state index contributed by atoms with van der Waals surface area (Å²) in [6, 6.07) is 7.39. The average molecular weight is 750 g/mol. The van der Waals surface area contributed by atoms with Gasteiger partial charge in [-0.05, 0) is 64.0 Å². The number of benzene rings is 1. The number of nitrogens with one attached hydrogen (secondary N) is 2. The maximum Gasteiger partial charge on any atom is 0.313 e. The third-order valence-corrected chi connectivity index (χ3v) is 10.4. The van der Waals surface area contributed by atoms with Gasteiger partial charge in [0.05, 0.1) is 10.2 Å². The molecule has 51 heavy (non-hydrogen) atoms. The van der Waals surface area contributed by atoms with Crippen molar-refractivity contribution >= 4 is 45.3 Å². The number of aromatic nitrogens is 1. The minimum Gasteiger partial charge on any atom is -0.481 e. The number of carboxylic acids is 1. The van der Waals surface area contributed by atoms with E-state index in [1.54, 1.807) is 0 Å². The molecule has 2 rings (SSSR count). The molecule has 3 N–H and O–H groups in total. The van der Waals surface area contributed by atoms with Gasteiger partial charge < -0.3 is 15.7 Å². The fourth-order valence-corrected chi connectivity index (χ4v) is 7.11. The molecule has 2 aromatic rings. The first-order valence-corrected chi connectivity index (χ1v) is 22.4. The lowest BCUT2D eigenvalue weighted by molar-refractivity contribution is -0.139. The lowest BCUT2D eigenvalue weighted by Crippen LogP contribution is -2.16. The van der Waals surface area contributed by atoms with Crippen LogP contribution in [0.15, 0.2) is 24.3 Å². The van der Waals surface area contributed by atoms with Gasteiger partial charge in [-0.1, -0.05) is 168 Å². The van der Waals surface area contributed by atoms with Crippen LogP contribution in [0.4, 0.5) is 0 Å². The van der Waals surface area contributed by atoms with E-state index in [4.69, 9.17) is 5.11 Å². The number of para-hydroxylation sites is 1. The van der Waals surface area contributed by atoms with Crippen LogP contribution >= 0.6 is 24.0 Å². The molecule has 0 aliphatic carbocycles. The van der Waals surface area contributed by atoms with Crippen LogP contribution in [0.25, 0.3) is 10.2 Å². The monoisotopic (exact) mass is 750 g/mol. The van der Waals surface area contributed by atoms with E-state index in [0.29, 0.717) is 5.01 Å². The summed E-state index contributed by atoms with van der Waals surface area (Å²) in [7, 11) is 0. The smallest absolute Gasteiger partial charge is 0.313 e. The Bertz CT molecular complexity index is 957. The Morgan fingerprint density at radius 1 is 0.608 bits per heavy atom. The Morgan fingerprint density at radius 2 is 0.961 bits per heavy atom. The zero-order valence-corrected chi connectivity index (χ0v) is 35.2. The van der Waals surface area contributed by atoms with E-state index >= 15 is 0 Å². The fourth-order valence-electron chi connectivity index (χ4n) is 5.87. The van der Waals surface area contributed by atoms with Crippen molar-refractivity contribution in [3.63, 3.8) is 0 Å². The number of fused-ring (bicyclic) bond motifs is 1. The number of carboxylic acid groups (broad SMARTS) is 1. The van der Waals surface area contributed by atoms with E-state index in [9.17, 15) is 9.59 Å². The predicted octanol–water partition coefficient (Wildman–Crippen LogP) is 12.9. The van der Waals surface area contributed by atoms with Gasteiger partial charge in [0.1, 0.15) is 10.9 Å². The van der Waals surface area contributed by atoms with Crippen molar-refractivity contribution in [3.8, 4) is 0 Å². The quantitative estimate of drug-likeness (QED) is 0.0440. The van der Waals surface area contributed by atoms with E-state index in [1.807, 2.05) is 24.3 Å². The molecule has 0 spiro atoms. The largest absolute Gasteiger partial charge is 0.481 e. The molecule has 1 unspecified atom stereocenters. The molecule has 0 saturated carbocycles. The number of hydrogen-bond donors (Lipinski definition) is 4. The van der Waals surface area contributed by atoms with Crippen molar-refractivity contribution in [2.45, 2.75) is 194 Å². The normalized spacial score (nSPS) is 11.5. The fraction of sp³-hybridized carbons (Fsp3) is 0.791. The molecule has 296 valence electrons. The summed E-state index contributed by atoms with van der Waals surface area (Å²) < 4.78 is 0.917. The second-order valence-corrected chi connectivity index (χ2v) is 15.6. The van der Waals surface area contributed by atoms with E-state index in [0.717, 1.165) is 10.2 Å².